The fraction of sp³-hybridized carbons (Fsp3) is 0.231. The van der Waals surface area contributed by atoms with Crippen LogP contribution in [0.2, 0.25) is 0 Å². The molecule has 0 aliphatic rings. The van der Waals surface area contributed by atoms with Crippen molar-refractivity contribution in [3.63, 3.8) is 0 Å². The third kappa shape index (κ3) is 2.26. The Morgan fingerprint density at radius 1 is 1.47 bits per heavy atom. The van der Waals surface area contributed by atoms with Crippen molar-refractivity contribution >= 4 is 0 Å². The van der Waals surface area contributed by atoms with Gasteiger partial charge in [0.1, 0.15) is 5.69 Å². The Kier molecular flexibility index (Phi) is 3.35. The third-order valence-corrected chi connectivity index (χ3v) is 2.55. The monoisotopic (exact) mass is 229 g/mol. The predicted octanol–water partition coefficient (Wildman–Crippen LogP) is 1.93. The summed E-state index contributed by atoms with van der Waals surface area (Å²) in [5.41, 5.74) is 3.63. The van der Waals surface area contributed by atoms with Gasteiger partial charge in [0.05, 0.1) is 18.8 Å². The molecule has 0 saturated heterocycles. The number of allylic oxidation sites excluding steroid dienone is 1. The molecule has 88 valence electrons. The van der Waals surface area contributed by atoms with Gasteiger partial charge in [0, 0.05) is 5.56 Å². The van der Waals surface area contributed by atoms with E-state index >= 15 is 0 Å². The Bertz CT molecular complexity index is 531. The molecule has 0 radical (unpaired) electrons. The molecule has 2 rings (SSSR count). The van der Waals surface area contributed by atoms with Gasteiger partial charge in [0.2, 0.25) is 0 Å². The number of rotatable bonds is 4. The van der Waals surface area contributed by atoms with E-state index in [0.29, 0.717) is 12.2 Å². The highest BCUT2D eigenvalue weighted by Crippen LogP contribution is 2.23. The first-order valence-electron chi connectivity index (χ1n) is 5.47. The molecule has 0 aliphatic heterocycles. The molecular weight excluding hydrogens is 214 g/mol. The Hall–Kier alpha value is -1.94. The average Bonchev–Trinajstić information content (AvgIpc) is 2.72. The molecule has 0 atom stereocenters. The zero-order chi connectivity index (χ0) is 12.3. The SMILES string of the molecule is C=CCn1nnc(CO)c1-c1cccc(C)c1. The lowest BCUT2D eigenvalue weighted by molar-refractivity contribution is 0.277. The van der Waals surface area contributed by atoms with Gasteiger partial charge in [-0.1, -0.05) is 35.1 Å². The van der Waals surface area contributed by atoms with Crippen LogP contribution in [-0.2, 0) is 13.2 Å². The van der Waals surface area contributed by atoms with Crippen molar-refractivity contribution in [2.75, 3.05) is 0 Å². The summed E-state index contributed by atoms with van der Waals surface area (Å²) in [5, 5.41) is 17.3. The second-order valence-corrected chi connectivity index (χ2v) is 3.88. The quantitative estimate of drug-likeness (QED) is 0.815. The smallest absolute Gasteiger partial charge is 0.116 e. The van der Waals surface area contributed by atoms with E-state index in [0.717, 1.165) is 16.8 Å². The summed E-state index contributed by atoms with van der Waals surface area (Å²) in [4.78, 5) is 0. The van der Waals surface area contributed by atoms with Gasteiger partial charge in [-0.05, 0) is 13.0 Å². The van der Waals surface area contributed by atoms with Crippen LogP contribution >= 0.6 is 0 Å². The zero-order valence-electron chi connectivity index (χ0n) is 9.80. The van der Waals surface area contributed by atoms with E-state index < -0.39 is 0 Å². The lowest BCUT2D eigenvalue weighted by atomic mass is 10.1. The van der Waals surface area contributed by atoms with Crippen LogP contribution in [0.4, 0.5) is 0 Å². The summed E-state index contributed by atoms with van der Waals surface area (Å²) in [6, 6.07) is 8.06. The van der Waals surface area contributed by atoms with Crippen LogP contribution in [0.25, 0.3) is 11.3 Å². The topological polar surface area (TPSA) is 50.9 Å². The van der Waals surface area contributed by atoms with Crippen molar-refractivity contribution in [3.05, 3.63) is 48.2 Å². The molecule has 4 heteroatoms. The second kappa shape index (κ2) is 4.93. The summed E-state index contributed by atoms with van der Waals surface area (Å²) in [5.74, 6) is 0. The van der Waals surface area contributed by atoms with Crippen LogP contribution in [0.1, 0.15) is 11.3 Å². The minimum absolute atomic E-state index is 0.111. The molecule has 0 spiro atoms. The number of aliphatic hydroxyl groups is 1. The third-order valence-electron chi connectivity index (χ3n) is 2.55. The highest BCUT2D eigenvalue weighted by molar-refractivity contribution is 5.62. The van der Waals surface area contributed by atoms with Crippen molar-refractivity contribution < 1.29 is 5.11 Å². The predicted molar refractivity (Wildman–Crippen MR) is 66.3 cm³/mol. The number of aliphatic hydroxyl groups excluding tert-OH is 1. The van der Waals surface area contributed by atoms with Crippen molar-refractivity contribution in [1.29, 1.82) is 0 Å². The van der Waals surface area contributed by atoms with Crippen molar-refractivity contribution in [2.24, 2.45) is 0 Å². The maximum Gasteiger partial charge on any atom is 0.116 e. The first kappa shape index (κ1) is 11.5. The molecule has 0 fully saturated rings. The van der Waals surface area contributed by atoms with Gasteiger partial charge in [-0.15, -0.1) is 11.7 Å². The molecular formula is C13H15N3O. The van der Waals surface area contributed by atoms with E-state index in [4.69, 9.17) is 0 Å². The van der Waals surface area contributed by atoms with Crippen molar-refractivity contribution in [3.8, 4) is 11.3 Å². The Balaban J connectivity index is 2.55. The first-order valence-corrected chi connectivity index (χ1v) is 5.47. The van der Waals surface area contributed by atoms with Gasteiger partial charge in [0.25, 0.3) is 0 Å². The normalized spacial score (nSPS) is 10.5. The van der Waals surface area contributed by atoms with Crippen molar-refractivity contribution in [2.45, 2.75) is 20.1 Å². The first-order chi connectivity index (χ1) is 8.26. The summed E-state index contributed by atoms with van der Waals surface area (Å²) >= 11 is 0. The molecule has 0 bridgehead atoms. The van der Waals surface area contributed by atoms with Crippen LogP contribution in [-0.4, -0.2) is 20.1 Å². The van der Waals surface area contributed by atoms with Gasteiger partial charge in [-0.2, -0.15) is 0 Å². The zero-order valence-corrected chi connectivity index (χ0v) is 9.80. The Labute approximate surface area is 100 Å². The Morgan fingerprint density at radius 3 is 2.94 bits per heavy atom. The maximum absolute atomic E-state index is 9.29. The molecule has 0 amide bonds. The average molecular weight is 229 g/mol. The van der Waals surface area contributed by atoms with E-state index in [2.05, 4.69) is 23.0 Å². The van der Waals surface area contributed by atoms with E-state index in [1.807, 2.05) is 25.1 Å². The number of hydrogen-bond acceptors (Lipinski definition) is 3. The van der Waals surface area contributed by atoms with Gasteiger partial charge in [-0.25, -0.2) is 4.68 Å². The fourth-order valence-electron chi connectivity index (χ4n) is 1.81. The number of nitrogens with zero attached hydrogens (tertiary/aromatic N) is 3. The fourth-order valence-corrected chi connectivity index (χ4v) is 1.81. The van der Waals surface area contributed by atoms with Crippen LogP contribution in [0.5, 0.6) is 0 Å². The van der Waals surface area contributed by atoms with Gasteiger partial charge in [0.15, 0.2) is 0 Å². The van der Waals surface area contributed by atoms with E-state index in [9.17, 15) is 5.11 Å². The standard InChI is InChI=1S/C13H15N3O/c1-3-7-16-13(12(9-17)14-15-16)11-6-4-5-10(2)8-11/h3-6,8,17H,1,7,9H2,2H3. The Morgan fingerprint density at radius 2 is 2.29 bits per heavy atom. The summed E-state index contributed by atoms with van der Waals surface area (Å²) in [6.45, 7) is 6.19. The van der Waals surface area contributed by atoms with E-state index in [1.165, 1.54) is 0 Å². The maximum atomic E-state index is 9.29. The van der Waals surface area contributed by atoms with Crippen molar-refractivity contribution in [1.82, 2.24) is 15.0 Å². The minimum Gasteiger partial charge on any atom is -0.390 e. The summed E-state index contributed by atoms with van der Waals surface area (Å²) in [6.07, 6.45) is 1.76. The van der Waals surface area contributed by atoms with Crippen LogP contribution in [0, 0.1) is 6.92 Å². The number of hydrogen-bond donors (Lipinski definition) is 1. The number of aromatic nitrogens is 3. The highest BCUT2D eigenvalue weighted by atomic mass is 16.3. The lowest BCUT2D eigenvalue weighted by Crippen LogP contribution is -2.01. The molecule has 1 aromatic heterocycles. The number of benzene rings is 1. The molecule has 1 heterocycles. The highest BCUT2D eigenvalue weighted by Gasteiger charge is 2.13. The molecule has 17 heavy (non-hydrogen) atoms. The minimum atomic E-state index is -0.111. The van der Waals surface area contributed by atoms with Crippen LogP contribution < -0.4 is 0 Å². The second-order valence-electron chi connectivity index (χ2n) is 3.88. The van der Waals surface area contributed by atoms with Gasteiger partial charge in [-0.3, -0.25) is 0 Å². The molecule has 4 nitrogen and oxygen atoms in total. The van der Waals surface area contributed by atoms with E-state index in [-0.39, 0.29) is 6.61 Å². The lowest BCUT2D eigenvalue weighted by Gasteiger charge is -2.06. The molecule has 0 unspecified atom stereocenters. The van der Waals surface area contributed by atoms with E-state index in [1.54, 1.807) is 10.8 Å². The summed E-state index contributed by atoms with van der Waals surface area (Å²) in [7, 11) is 0. The molecule has 1 aromatic carbocycles. The number of aryl methyl sites for hydroxylation is 1. The van der Waals surface area contributed by atoms with Gasteiger partial charge >= 0.3 is 0 Å². The summed E-state index contributed by atoms with van der Waals surface area (Å²) < 4.78 is 1.74. The van der Waals surface area contributed by atoms with Crippen LogP contribution in [0.3, 0.4) is 0 Å². The van der Waals surface area contributed by atoms with Crippen LogP contribution in [0.15, 0.2) is 36.9 Å². The molecule has 2 aromatic rings. The molecule has 1 N–H and O–H groups in total. The molecule has 0 saturated carbocycles. The largest absolute Gasteiger partial charge is 0.390 e. The van der Waals surface area contributed by atoms with Gasteiger partial charge < -0.3 is 5.11 Å². The molecule has 0 aliphatic carbocycles.